The second-order valence-corrected chi connectivity index (χ2v) is 4.53. The lowest BCUT2D eigenvalue weighted by molar-refractivity contribution is -0.119. The number of ether oxygens (including phenoxy) is 1. The van der Waals surface area contributed by atoms with Gasteiger partial charge in [0.15, 0.2) is 0 Å². The van der Waals surface area contributed by atoms with Gasteiger partial charge < -0.3 is 10.1 Å². The number of carbonyl (C=O) groups is 1. The van der Waals surface area contributed by atoms with Crippen LogP contribution in [0.3, 0.4) is 0 Å². The molecule has 1 N–H and O–H groups in total. The molecule has 2 aromatic heterocycles. The molecular weight excluding hydrogens is 310 g/mol. The van der Waals surface area contributed by atoms with E-state index in [0.717, 1.165) is 0 Å². The molecule has 0 saturated heterocycles. The first-order chi connectivity index (χ1) is 11.0. The number of hydrogen-bond donors (Lipinski definition) is 1. The summed E-state index contributed by atoms with van der Waals surface area (Å²) < 4.78 is 29.5. The molecule has 0 bridgehead atoms. The van der Waals surface area contributed by atoms with Gasteiger partial charge >= 0.3 is 6.61 Å². The van der Waals surface area contributed by atoms with Gasteiger partial charge in [0.05, 0.1) is 12.2 Å². The number of amides is 1. The quantitative estimate of drug-likeness (QED) is 0.858. The third kappa shape index (κ3) is 4.83. The Morgan fingerprint density at radius 1 is 1.35 bits per heavy atom. The van der Waals surface area contributed by atoms with Crippen LogP contribution in [-0.4, -0.2) is 33.8 Å². The SMILES string of the molecule is CC(=O)NCCn1nc(-c2ccc(OC(F)F)nc2)ccc1=O. The van der Waals surface area contributed by atoms with Crippen molar-refractivity contribution < 1.29 is 18.3 Å². The van der Waals surface area contributed by atoms with E-state index in [1.54, 1.807) is 0 Å². The normalized spacial score (nSPS) is 10.6. The maximum Gasteiger partial charge on any atom is 0.388 e. The molecule has 1 amide bonds. The predicted octanol–water partition coefficient (Wildman–Crippen LogP) is 1.04. The number of nitrogens with one attached hydrogen (secondary N) is 1. The van der Waals surface area contributed by atoms with Crippen LogP contribution in [0.4, 0.5) is 8.78 Å². The largest absolute Gasteiger partial charge is 0.417 e. The number of nitrogens with zero attached hydrogens (tertiary/aromatic N) is 3. The molecule has 122 valence electrons. The third-order valence-corrected chi connectivity index (χ3v) is 2.81. The Morgan fingerprint density at radius 2 is 2.13 bits per heavy atom. The van der Waals surface area contributed by atoms with Gasteiger partial charge in [-0.15, -0.1) is 0 Å². The van der Waals surface area contributed by atoms with E-state index in [9.17, 15) is 18.4 Å². The first kappa shape index (κ1) is 16.5. The Kier molecular flexibility index (Phi) is 5.34. The van der Waals surface area contributed by atoms with Crippen LogP contribution in [0.25, 0.3) is 11.3 Å². The number of rotatable bonds is 6. The van der Waals surface area contributed by atoms with E-state index in [0.29, 0.717) is 11.3 Å². The minimum Gasteiger partial charge on any atom is -0.417 e. The lowest BCUT2D eigenvalue weighted by atomic mass is 10.2. The summed E-state index contributed by atoms with van der Waals surface area (Å²) in [5, 5.41) is 6.72. The van der Waals surface area contributed by atoms with Crippen LogP contribution in [0, 0.1) is 0 Å². The summed E-state index contributed by atoms with van der Waals surface area (Å²) in [5.41, 5.74) is 0.674. The first-order valence-corrected chi connectivity index (χ1v) is 6.69. The maximum atomic E-state index is 12.1. The van der Waals surface area contributed by atoms with E-state index in [1.807, 2.05) is 0 Å². The molecule has 23 heavy (non-hydrogen) atoms. The smallest absolute Gasteiger partial charge is 0.388 e. The second-order valence-electron chi connectivity index (χ2n) is 4.53. The fourth-order valence-corrected chi connectivity index (χ4v) is 1.79. The number of pyridine rings is 1. The fraction of sp³-hybridized carbons (Fsp3) is 0.286. The van der Waals surface area contributed by atoms with E-state index in [2.05, 4.69) is 20.1 Å². The Morgan fingerprint density at radius 3 is 2.74 bits per heavy atom. The van der Waals surface area contributed by atoms with Gasteiger partial charge in [-0.05, 0) is 12.1 Å². The van der Waals surface area contributed by atoms with Crippen LogP contribution in [0.1, 0.15) is 6.92 Å². The van der Waals surface area contributed by atoms with Gasteiger partial charge in [0, 0.05) is 37.4 Å². The van der Waals surface area contributed by atoms with Gasteiger partial charge in [0.1, 0.15) is 0 Å². The van der Waals surface area contributed by atoms with Crippen LogP contribution >= 0.6 is 0 Å². The topological polar surface area (TPSA) is 86.1 Å². The molecule has 0 unspecified atom stereocenters. The van der Waals surface area contributed by atoms with E-state index in [-0.39, 0.29) is 30.4 Å². The van der Waals surface area contributed by atoms with Crippen molar-refractivity contribution in [2.45, 2.75) is 20.1 Å². The highest BCUT2D eigenvalue weighted by molar-refractivity contribution is 5.72. The minimum atomic E-state index is -2.94. The lowest BCUT2D eigenvalue weighted by Crippen LogP contribution is -2.30. The number of aromatic nitrogens is 3. The summed E-state index contributed by atoms with van der Waals surface area (Å²) in [7, 11) is 0. The Bertz CT molecular complexity index is 732. The van der Waals surface area contributed by atoms with Crippen molar-refractivity contribution in [3.05, 3.63) is 40.8 Å². The van der Waals surface area contributed by atoms with Crippen LogP contribution in [0.15, 0.2) is 35.3 Å². The summed E-state index contributed by atoms with van der Waals surface area (Å²) in [4.78, 5) is 26.3. The van der Waals surface area contributed by atoms with Crippen LogP contribution in [0.2, 0.25) is 0 Å². The molecule has 9 heteroatoms. The molecule has 2 rings (SSSR count). The second kappa shape index (κ2) is 7.43. The van der Waals surface area contributed by atoms with Crippen molar-refractivity contribution in [1.29, 1.82) is 0 Å². The molecule has 0 fully saturated rings. The van der Waals surface area contributed by atoms with Crippen LogP contribution in [-0.2, 0) is 11.3 Å². The molecule has 0 radical (unpaired) electrons. The molecule has 7 nitrogen and oxygen atoms in total. The molecule has 0 atom stereocenters. The Balaban J connectivity index is 2.16. The van der Waals surface area contributed by atoms with Gasteiger partial charge in [-0.1, -0.05) is 0 Å². The fourth-order valence-electron chi connectivity index (χ4n) is 1.79. The van der Waals surface area contributed by atoms with E-state index < -0.39 is 6.61 Å². The van der Waals surface area contributed by atoms with Crippen molar-refractivity contribution in [2.24, 2.45) is 0 Å². The zero-order valence-corrected chi connectivity index (χ0v) is 12.2. The molecule has 0 aliphatic rings. The van der Waals surface area contributed by atoms with E-state index in [1.165, 1.54) is 42.1 Å². The summed E-state index contributed by atoms with van der Waals surface area (Å²) in [6.45, 7) is -1.08. The van der Waals surface area contributed by atoms with Crippen molar-refractivity contribution in [3.63, 3.8) is 0 Å². The van der Waals surface area contributed by atoms with Crippen molar-refractivity contribution in [1.82, 2.24) is 20.1 Å². The molecule has 0 saturated carbocycles. The average Bonchev–Trinajstić information content (AvgIpc) is 2.49. The molecular formula is C14H14F2N4O3. The monoisotopic (exact) mass is 324 g/mol. The van der Waals surface area contributed by atoms with Crippen molar-refractivity contribution in [2.75, 3.05) is 6.54 Å². The van der Waals surface area contributed by atoms with Crippen molar-refractivity contribution in [3.8, 4) is 17.1 Å². The molecule has 2 heterocycles. The summed E-state index contributed by atoms with van der Waals surface area (Å²) in [5.74, 6) is -0.407. The molecule has 2 aromatic rings. The standard InChI is InChI=1S/C14H14F2N4O3/c1-9(21)17-6-7-20-13(22)5-3-11(19-20)10-2-4-12(18-8-10)23-14(15)16/h2-5,8,14H,6-7H2,1H3,(H,17,21). The van der Waals surface area contributed by atoms with Gasteiger partial charge in [-0.2, -0.15) is 13.9 Å². The maximum absolute atomic E-state index is 12.1. The van der Waals surface area contributed by atoms with Gasteiger partial charge in [-0.3, -0.25) is 9.59 Å². The van der Waals surface area contributed by atoms with Gasteiger partial charge in [0.25, 0.3) is 5.56 Å². The van der Waals surface area contributed by atoms with E-state index >= 15 is 0 Å². The Hall–Kier alpha value is -2.84. The van der Waals surface area contributed by atoms with Crippen LogP contribution in [0.5, 0.6) is 5.88 Å². The zero-order valence-electron chi connectivity index (χ0n) is 12.2. The summed E-state index contributed by atoms with van der Waals surface area (Å²) in [6.07, 6.45) is 1.32. The predicted molar refractivity (Wildman–Crippen MR) is 77.0 cm³/mol. The highest BCUT2D eigenvalue weighted by Crippen LogP contribution is 2.18. The third-order valence-electron chi connectivity index (χ3n) is 2.81. The molecule has 0 aliphatic carbocycles. The summed E-state index contributed by atoms with van der Waals surface area (Å²) in [6, 6.07) is 5.63. The summed E-state index contributed by atoms with van der Waals surface area (Å²) >= 11 is 0. The highest BCUT2D eigenvalue weighted by atomic mass is 19.3. The number of halogens is 2. The van der Waals surface area contributed by atoms with Crippen LogP contribution < -0.4 is 15.6 Å². The highest BCUT2D eigenvalue weighted by Gasteiger charge is 2.08. The molecule has 0 aliphatic heterocycles. The minimum absolute atomic E-state index is 0.201. The Labute approximate surface area is 129 Å². The number of alkyl halides is 2. The van der Waals surface area contributed by atoms with E-state index in [4.69, 9.17) is 0 Å². The average molecular weight is 324 g/mol. The molecule has 0 spiro atoms. The van der Waals surface area contributed by atoms with Gasteiger partial charge in [-0.25, -0.2) is 9.67 Å². The first-order valence-electron chi connectivity index (χ1n) is 6.69. The van der Waals surface area contributed by atoms with Gasteiger partial charge in [0.2, 0.25) is 11.8 Å². The number of hydrogen-bond acceptors (Lipinski definition) is 5. The molecule has 0 aromatic carbocycles. The van der Waals surface area contributed by atoms with Crippen molar-refractivity contribution >= 4 is 5.91 Å². The lowest BCUT2D eigenvalue weighted by Gasteiger charge is -2.08. The number of carbonyl (C=O) groups excluding carboxylic acids is 1. The zero-order chi connectivity index (χ0) is 16.8.